The van der Waals surface area contributed by atoms with Gasteiger partial charge in [-0.05, 0) is 18.2 Å². The van der Waals surface area contributed by atoms with E-state index in [1.54, 1.807) is 6.20 Å². The van der Waals surface area contributed by atoms with Crippen molar-refractivity contribution >= 4 is 0 Å². The molecule has 15 heavy (non-hydrogen) atoms. The van der Waals surface area contributed by atoms with E-state index >= 15 is 0 Å². The van der Waals surface area contributed by atoms with Crippen molar-refractivity contribution in [2.45, 2.75) is 20.8 Å². The van der Waals surface area contributed by atoms with E-state index in [2.05, 4.69) is 34.5 Å². The average Bonchev–Trinajstić information content (AvgIpc) is 2.34. The first-order valence-electron chi connectivity index (χ1n) is 5.08. The molecular formula is C12H15N3. The fraction of sp³-hybridized carbons (Fsp3) is 0.250. The molecule has 3 nitrogen and oxygen atoms in total. The van der Waals surface area contributed by atoms with Crippen LogP contribution in [0.15, 0.2) is 36.5 Å². The highest BCUT2D eigenvalue weighted by Gasteiger charge is 1.96. The van der Waals surface area contributed by atoms with Crippen LogP contribution in [0, 0.1) is 6.92 Å². The van der Waals surface area contributed by atoms with Crippen LogP contribution in [-0.2, 0) is 0 Å². The van der Waals surface area contributed by atoms with Crippen LogP contribution in [0.25, 0.3) is 11.3 Å². The molecule has 0 aliphatic rings. The molecule has 0 aliphatic carbocycles. The van der Waals surface area contributed by atoms with E-state index < -0.39 is 0 Å². The number of hydrogen-bond donors (Lipinski definition) is 0. The molecule has 1 aromatic carbocycles. The lowest BCUT2D eigenvalue weighted by Gasteiger charge is -1.98. The minimum Gasteiger partial charge on any atom is -0.139 e. The molecule has 0 atom stereocenters. The lowest BCUT2D eigenvalue weighted by Crippen LogP contribution is -1.88. The summed E-state index contributed by atoms with van der Waals surface area (Å²) < 4.78 is 0. The highest BCUT2D eigenvalue weighted by Crippen LogP contribution is 2.14. The summed E-state index contributed by atoms with van der Waals surface area (Å²) in [5.41, 5.74) is 3.17. The Kier molecular flexibility index (Phi) is 4.41. The maximum atomic E-state index is 3.92. The summed E-state index contributed by atoms with van der Waals surface area (Å²) in [6.07, 6.45) is 1.64. The number of benzene rings is 1. The summed E-state index contributed by atoms with van der Waals surface area (Å²) in [5.74, 6) is 0. The van der Waals surface area contributed by atoms with Crippen LogP contribution in [-0.4, -0.2) is 15.4 Å². The Bertz CT molecular complexity index is 381. The van der Waals surface area contributed by atoms with E-state index in [0.717, 1.165) is 11.3 Å². The molecule has 0 saturated heterocycles. The number of aryl methyl sites for hydroxylation is 1. The van der Waals surface area contributed by atoms with Crippen LogP contribution in [0.4, 0.5) is 0 Å². The van der Waals surface area contributed by atoms with E-state index in [9.17, 15) is 0 Å². The zero-order valence-electron chi connectivity index (χ0n) is 9.31. The van der Waals surface area contributed by atoms with Gasteiger partial charge in [-0.2, -0.15) is 0 Å². The minimum absolute atomic E-state index is 0.856. The van der Waals surface area contributed by atoms with Gasteiger partial charge >= 0.3 is 0 Å². The minimum atomic E-state index is 0.856. The molecule has 1 heterocycles. The van der Waals surface area contributed by atoms with Crippen LogP contribution >= 0.6 is 0 Å². The smallest absolute Gasteiger partial charge is 0.0963 e. The first-order valence-corrected chi connectivity index (χ1v) is 5.08. The third-order valence-electron chi connectivity index (χ3n) is 1.85. The molecule has 0 saturated carbocycles. The Hall–Kier alpha value is -1.77. The van der Waals surface area contributed by atoms with Crippen molar-refractivity contribution in [3.05, 3.63) is 42.1 Å². The van der Waals surface area contributed by atoms with E-state index in [0.29, 0.717) is 0 Å². The second-order valence-corrected chi connectivity index (χ2v) is 2.87. The highest BCUT2D eigenvalue weighted by molar-refractivity contribution is 5.58. The molecule has 0 spiro atoms. The molecule has 78 valence electrons. The Labute approximate surface area is 90.2 Å². The lowest BCUT2D eigenvalue weighted by atomic mass is 10.1. The maximum absolute atomic E-state index is 3.92. The van der Waals surface area contributed by atoms with Crippen LogP contribution in [0.5, 0.6) is 0 Å². The Morgan fingerprint density at radius 1 is 0.933 bits per heavy atom. The maximum Gasteiger partial charge on any atom is 0.0963 e. The molecule has 0 unspecified atom stereocenters. The lowest BCUT2D eigenvalue weighted by molar-refractivity contribution is 0.870. The molecule has 2 rings (SSSR count). The van der Waals surface area contributed by atoms with Crippen LogP contribution in [0.1, 0.15) is 19.4 Å². The summed E-state index contributed by atoms with van der Waals surface area (Å²) in [7, 11) is 0. The average molecular weight is 201 g/mol. The Morgan fingerprint density at radius 2 is 1.60 bits per heavy atom. The van der Waals surface area contributed by atoms with E-state index in [-0.39, 0.29) is 0 Å². The number of rotatable bonds is 1. The molecule has 3 heteroatoms. The monoisotopic (exact) mass is 201 g/mol. The highest BCUT2D eigenvalue weighted by atomic mass is 15.3. The van der Waals surface area contributed by atoms with Gasteiger partial charge in [0.05, 0.1) is 11.9 Å². The van der Waals surface area contributed by atoms with Crippen molar-refractivity contribution in [3.8, 4) is 11.3 Å². The van der Waals surface area contributed by atoms with Gasteiger partial charge < -0.3 is 0 Å². The molecule has 0 fully saturated rings. The molecule has 1 aromatic heterocycles. The molecule has 2 aromatic rings. The summed E-state index contributed by atoms with van der Waals surface area (Å²) in [4.78, 5) is 0. The fourth-order valence-corrected chi connectivity index (χ4v) is 1.12. The second kappa shape index (κ2) is 5.86. The third-order valence-corrected chi connectivity index (χ3v) is 1.85. The van der Waals surface area contributed by atoms with Crippen molar-refractivity contribution in [3.63, 3.8) is 0 Å². The first kappa shape index (κ1) is 11.3. The summed E-state index contributed by atoms with van der Waals surface area (Å²) in [6, 6.07) is 10.0. The van der Waals surface area contributed by atoms with Gasteiger partial charge in [-0.3, -0.25) is 0 Å². The van der Waals surface area contributed by atoms with Gasteiger partial charge in [-0.25, -0.2) is 0 Å². The topological polar surface area (TPSA) is 38.7 Å². The zero-order valence-corrected chi connectivity index (χ0v) is 9.31. The van der Waals surface area contributed by atoms with Gasteiger partial charge in [0, 0.05) is 5.56 Å². The second-order valence-electron chi connectivity index (χ2n) is 2.87. The van der Waals surface area contributed by atoms with Crippen molar-refractivity contribution < 1.29 is 0 Å². The SMILES string of the molecule is CC.Cc1ccc(-c2ccnnn2)cc1. The van der Waals surface area contributed by atoms with Crippen LogP contribution < -0.4 is 0 Å². The summed E-state index contributed by atoms with van der Waals surface area (Å²) >= 11 is 0. The van der Waals surface area contributed by atoms with Crippen LogP contribution in [0.2, 0.25) is 0 Å². The van der Waals surface area contributed by atoms with E-state index in [4.69, 9.17) is 0 Å². The van der Waals surface area contributed by atoms with Crippen molar-refractivity contribution in [2.24, 2.45) is 0 Å². The van der Waals surface area contributed by atoms with Gasteiger partial charge in [0.2, 0.25) is 0 Å². The molecule has 0 aliphatic heterocycles. The molecule has 0 N–H and O–H groups in total. The van der Waals surface area contributed by atoms with Gasteiger partial charge in [0.25, 0.3) is 0 Å². The summed E-state index contributed by atoms with van der Waals surface area (Å²) in [6.45, 7) is 6.06. The van der Waals surface area contributed by atoms with Crippen molar-refractivity contribution in [1.82, 2.24) is 15.4 Å². The van der Waals surface area contributed by atoms with Crippen LogP contribution in [0.3, 0.4) is 0 Å². The van der Waals surface area contributed by atoms with Gasteiger partial charge in [0.15, 0.2) is 0 Å². The third kappa shape index (κ3) is 3.13. The van der Waals surface area contributed by atoms with Crippen molar-refractivity contribution in [1.29, 1.82) is 0 Å². The van der Waals surface area contributed by atoms with E-state index in [1.807, 2.05) is 32.0 Å². The standard InChI is InChI=1S/C10H9N3.C2H6/c1-8-2-4-9(5-3-8)10-6-7-11-13-12-10;1-2/h2-7H,1H3;1-2H3. The fourth-order valence-electron chi connectivity index (χ4n) is 1.12. The molecule has 0 amide bonds. The molecule has 0 bridgehead atoms. The number of aromatic nitrogens is 3. The molecule has 0 radical (unpaired) electrons. The van der Waals surface area contributed by atoms with E-state index in [1.165, 1.54) is 5.56 Å². The van der Waals surface area contributed by atoms with Gasteiger partial charge in [-0.15, -0.1) is 10.2 Å². The predicted molar refractivity (Wildman–Crippen MR) is 61.3 cm³/mol. The number of hydrogen-bond acceptors (Lipinski definition) is 3. The van der Waals surface area contributed by atoms with Crippen molar-refractivity contribution in [2.75, 3.05) is 0 Å². The van der Waals surface area contributed by atoms with Gasteiger partial charge in [0.1, 0.15) is 0 Å². The quantitative estimate of drug-likeness (QED) is 0.712. The zero-order chi connectivity index (χ0) is 11.1. The van der Waals surface area contributed by atoms with Gasteiger partial charge in [-0.1, -0.05) is 43.7 Å². The normalized spacial score (nSPS) is 9.00. The number of nitrogens with zero attached hydrogens (tertiary/aromatic N) is 3. The largest absolute Gasteiger partial charge is 0.139 e. The Morgan fingerprint density at radius 3 is 2.13 bits per heavy atom. The summed E-state index contributed by atoms with van der Waals surface area (Å²) in [5, 5.41) is 11.1. The Balaban J connectivity index is 0.000000531. The first-order chi connectivity index (χ1) is 7.36. The molecular weight excluding hydrogens is 186 g/mol. The predicted octanol–water partition coefficient (Wildman–Crippen LogP) is 2.87.